The molecule has 0 saturated heterocycles. The van der Waals surface area contributed by atoms with Crippen molar-refractivity contribution in [3.63, 3.8) is 0 Å². The molecule has 0 radical (unpaired) electrons. The monoisotopic (exact) mass is 419 g/mol. The van der Waals surface area contributed by atoms with Gasteiger partial charge in [-0.1, -0.05) is 35.9 Å². The fourth-order valence-corrected chi connectivity index (χ4v) is 4.88. The first kappa shape index (κ1) is 20.4. The molecule has 1 aromatic heterocycles. The number of rotatable bonds is 5. The summed E-state index contributed by atoms with van der Waals surface area (Å²) in [6.07, 6.45) is 4.61. The third-order valence-electron chi connectivity index (χ3n) is 5.44. The second-order valence-corrected chi connectivity index (χ2v) is 8.47. The number of ether oxygens (including phenoxy) is 1. The highest BCUT2D eigenvalue weighted by atomic mass is 32.1. The number of hydrogen-bond donors (Lipinski definition) is 1. The van der Waals surface area contributed by atoms with Crippen LogP contribution in [0, 0.1) is 6.92 Å². The molecule has 4 rings (SSSR count). The maximum absolute atomic E-state index is 12.8. The number of carbonyl (C=O) groups is 2. The van der Waals surface area contributed by atoms with Gasteiger partial charge in [0.2, 0.25) is 0 Å². The van der Waals surface area contributed by atoms with Crippen LogP contribution in [0.2, 0.25) is 0 Å². The van der Waals surface area contributed by atoms with Crippen LogP contribution in [0.4, 0.5) is 5.00 Å². The number of aryl methyl sites for hydroxylation is 3. The summed E-state index contributed by atoms with van der Waals surface area (Å²) in [5.41, 5.74) is 6.55. The Morgan fingerprint density at radius 1 is 1.07 bits per heavy atom. The fraction of sp³-hybridized carbons (Fsp3) is 0.280. The number of nitrogens with one attached hydrogen (secondary N) is 1. The van der Waals surface area contributed by atoms with Gasteiger partial charge in [-0.3, -0.25) is 4.79 Å². The van der Waals surface area contributed by atoms with Gasteiger partial charge >= 0.3 is 5.97 Å². The highest BCUT2D eigenvalue weighted by Gasteiger charge is 2.24. The first-order valence-electron chi connectivity index (χ1n) is 10.4. The molecule has 0 atom stereocenters. The number of thiophene rings is 1. The van der Waals surface area contributed by atoms with E-state index >= 15 is 0 Å². The molecule has 1 aliphatic carbocycles. The summed E-state index contributed by atoms with van der Waals surface area (Å²) in [6.45, 7) is 4.01. The third-order valence-corrected chi connectivity index (χ3v) is 6.33. The zero-order valence-electron chi connectivity index (χ0n) is 17.3. The molecule has 1 heterocycles. The van der Waals surface area contributed by atoms with Crippen molar-refractivity contribution in [2.75, 3.05) is 11.9 Å². The molecule has 0 bridgehead atoms. The average molecular weight is 420 g/mol. The van der Waals surface area contributed by atoms with E-state index in [0.29, 0.717) is 16.1 Å². The maximum atomic E-state index is 12.8. The summed E-state index contributed by atoms with van der Waals surface area (Å²) in [5.74, 6) is -0.644. The van der Waals surface area contributed by atoms with E-state index in [1.54, 1.807) is 13.0 Å². The molecule has 0 spiro atoms. The number of hydrogen-bond acceptors (Lipinski definition) is 4. The standard InChI is InChI=1S/C25H25NO3S/c1-3-29-25(28)22-21(19-12-11-17-8-4-5-9-18(17)14-19)15-30-24(22)26-23(27)20-10-6-7-16(2)13-20/h6-7,10-15H,3-5,8-9H2,1-2H3,(H,26,27). The lowest BCUT2D eigenvalue weighted by atomic mass is 9.89. The van der Waals surface area contributed by atoms with Crippen molar-refractivity contribution >= 4 is 28.2 Å². The smallest absolute Gasteiger partial charge is 0.341 e. The Morgan fingerprint density at radius 3 is 2.63 bits per heavy atom. The summed E-state index contributed by atoms with van der Waals surface area (Å²) in [6, 6.07) is 13.8. The van der Waals surface area contributed by atoms with Gasteiger partial charge in [0.1, 0.15) is 10.6 Å². The molecule has 4 nitrogen and oxygen atoms in total. The first-order valence-corrected chi connectivity index (χ1v) is 11.2. The minimum Gasteiger partial charge on any atom is -0.462 e. The second kappa shape index (κ2) is 8.84. The van der Waals surface area contributed by atoms with Gasteiger partial charge in [0.05, 0.1) is 6.61 Å². The van der Waals surface area contributed by atoms with E-state index < -0.39 is 5.97 Å². The van der Waals surface area contributed by atoms with Gasteiger partial charge in [-0.25, -0.2) is 4.79 Å². The van der Waals surface area contributed by atoms with Gasteiger partial charge in [0.25, 0.3) is 5.91 Å². The number of esters is 1. The topological polar surface area (TPSA) is 55.4 Å². The molecule has 0 unspecified atom stereocenters. The second-order valence-electron chi connectivity index (χ2n) is 7.59. The van der Waals surface area contributed by atoms with Crippen molar-refractivity contribution in [3.05, 3.63) is 75.7 Å². The first-order chi connectivity index (χ1) is 14.6. The summed E-state index contributed by atoms with van der Waals surface area (Å²) in [7, 11) is 0. The quantitative estimate of drug-likeness (QED) is 0.514. The van der Waals surface area contributed by atoms with Crippen molar-refractivity contribution in [2.45, 2.75) is 39.5 Å². The molecule has 30 heavy (non-hydrogen) atoms. The molecule has 5 heteroatoms. The summed E-state index contributed by atoms with van der Waals surface area (Å²) in [4.78, 5) is 25.6. The fourth-order valence-electron chi connectivity index (χ4n) is 3.93. The lowest BCUT2D eigenvalue weighted by Gasteiger charge is -2.17. The van der Waals surface area contributed by atoms with Crippen molar-refractivity contribution < 1.29 is 14.3 Å². The Hall–Kier alpha value is -2.92. The van der Waals surface area contributed by atoms with E-state index in [4.69, 9.17) is 4.74 Å². The molecule has 1 amide bonds. The van der Waals surface area contributed by atoms with Crippen molar-refractivity contribution in [1.82, 2.24) is 0 Å². The normalized spacial score (nSPS) is 12.9. The number of benzene rings is 2. The van der Waals surface area contributed by atoms with E-state index in [2.05, 4.69) is 23.5 Å². The zero-order valence-corrected chi connectivity index (χ0v) is 18.1. The van der Waals surface area contributed by atoms with Crippen molar-refractivity contribution in [1.29, 1.82) is 0 Å². The minimum atomic E-state index is -0.411. The maximum Gasteiger partial charge on any atom is 0.341 e. The van der Waals surface area contributed by atoms with Crippen molar-refractivity contribution in [3.8, 4) is 11.1 Å². The van der Waals surface area contributed by atoms with E-state index in [0.717, 1.165) is 29.5 Å². The van der Waals surface area contributed by atoms with Crippen molar-refractivity contribution in [2.24, 2.45) is 0 Å². The SMILES string of the molecule is CCOC(=O)c1c(-c2ccc3c(c2)CCCC3)csc1NC(=O)c1cccc(C)c1. The zero-order chi connectivity index (χ0) is 21.1. The number of fused-ring (bicyclic) bond motifs is 1. The van der Waals surface area contributed by atoms with Crippen LogP contribution in [0.5, 0.6) is 0 Å². The highest BCUT2D eigenvalue weighted by molar-refractivity contribution is 7.15. The largest absolute Gasteiger partial charge is 0.462 e. The summed E-state index contributed by atoms with van der Waals surface area (Å²) < 4.78 is 5.32. The molecule has 1 aliphatic rings. The van der Waals surface area contributed by atoms with Crippen LogP contribution in [0.15, 0.2) is 47.8 Å². The molecule has 0 aliphatic heterocycles. The van der Waals surface area contributed by atoms with E-state index in [9.17, 15) is 9.59 Å². The molecule has 154 valence electrons. The molecule has 1 N–H and O–H groups in total. The lowest BCUT2D eigenvalue weighted by molar-refractivity contribution is 0.0529. The Kier molecular flexibility index (Phi) is 6.00. The predicted molar refractivity (Wildman–Crippen MR) is 121 cm³/mol. The van der Waals surface area contributed by atoms with Gasteiger partial charge in [0.15, 0.2) is 0 Å². The van der Waals surface area contributed by atoms with Crippen LogP contribution >= 0.6 is 11.3 Å². The van der Waals surface area contributed by atoms with E-state index in [-0.39, 0.29) is 12.5 Å². The minimum absolute atomic E-state index is 0.233. The molecular formula is C25H25NO3S. The highest BCUT2D eigenvalue weighted by Crippen LogP contribution is 2.38. The summed E-state index contributed by atoms with van der Waals surface area (Å²) in [5, 5.41) is 5.38. The number of amides is 1. The van der Waals surface area contributed by atoms with Gasteiger partial charge in [-0.2, -0.15) is 0 Å². The number of anilines is 1. The molecule has 0 fully saturated rings. The van der Waals surface area contributed by atoms with Gasteiger partial charge < -0.3 is 10.1 Å². The van der Waals surface area contributed by atoms with E-state index in [1.807, 2.05) is 30.5 Å². The van der Waals surface area contributed by atoms with Gasteiger partial charge in [-0.15, -0.1) is 11.3 Å². The Balaban J connectivity index is 1.71. The lowest BCUT2D eigenvalue weighted by Crippen LogP contribution is -2.15. The Morgan fingerprint density at radius 2 is 1.87 bits per heavy atom. The number of carbonyl (C=O) groups excluding carboxylic acids is 2. The Bertz CT molecular complexity index is 1100. The predicted octanol–water partition coefficient (Wildman–Crippen LogP) is 6.03. The van der Waals surface area contributed by atoms with E-state index in [1.165, 1.54) is 35.3 Å². The van der Waals surface area contributed by atoms with Gasteiger partial charge in [-0.05, 0) is 68.4 Å². The van der Waals surface area contributed by atoms with Gasteiger partial charge in [0, 0.05) is 16.5 Å². The summed E-state index contributed by atoms with van der Waals surface area (Å²) >= 11 is 1.36. The van der Waals surface area contributed by atoms with Crippen LogP contribution in [-0.4, -0.2) is 18.5 Å². The van der Waals surface area contributed by atoms with Crippen LogP contribution in [-0.2, 0) is 17.6 Å². The van der Waals surface area contributed by atoms with Crippen LogP contribution < -0.4 is 5.32 Å². The third kappa shape index (κ3) is 4.17. The van der Waals surface area contributed by atoms with Crippen LogP contribution in [0.25, 0.3) is 11.1 Å². The molecule has 2 aromatic carbocycles. The molecule has 0 saturated carbocycles. The van der Waals surface area contributed by atoms with Crippen LogP contribution in [0.1, 0.15) is 57.2 Å². The average Bonchev–Trinajstić information content (AvgIpc) is 3.17. The molecular weight excluding hydrogens is 394 g/mol. The van der Waals surface area contributed by atoms with Crippen LogP contribution in [0.3, 0.4) is 0 Å². The molecule has 3 aromatic rings. The Labute approximate surface area is 180 Å².